The van der Waals surface area contributed by atoms with Gasteiger partial charge in [-0.25, -0.2) is 13.1 Å². The molecule has 1 aliphatic heterocycles. The van der Waals surface area contributed by atoms with E-state index in [4.69, 9.17) is 0 Å². The van der Waals surface area contributed by atoms with Gasteiger partial charge in [-0.1, -0.05) is 12.1 Å². The summed E-state index contributed by atoms with van der Waals surface area (Å²) in [6.45, 7) is 6.28. The van der Waals surface area contributed by atoms with Gasteiger partial charge in [0.15, 0.2) is 0 Å². The first-order valence-electron chi connectivity index (χ1n) is 6.64. The highest BCUT2D eigenvalue weighted by molar-refractivity contribution is 7.89. The van der Waals surface area contributed by atoms with Crippen molar-refractivity contribution in [2.24, 2.45) is 5.92 Å². The van der Waals surface area contributed by atoms with Crippen LogP contribution in [0, 0.1) is 19.8 Å². The number of nitrogens with one attached hydrogen (secondary N) is 1. The Morgan fingerprint density at radius 1 is 1.37 bits per heavy atom. The molecule has 106 valence electrons. The third-order valence-corrected chi connectivity index (χ3v) is 5.25. The van der Waals surface area contributed by atoms with E-state index in [-0.39, 0.29) is 0 Å². The van der Waals surface area contributed by atoms with Gasteiger partial charge in [0.1, 0.15) is 0 Å². The van der Waals surface area contributed by atoms with Gasteiger partial charge in [0.05, 0.1) is 4.90 Å². The molecule has 0 spiro atoms. The zero-order valence-electron chi connectivity index (χ0n) is 11.8. The van der Waals surface area contributed by atoms with Crippen LogP contribution in [0.1, 0.15) is 17.5 Å². The molecule has 1 aromatic rings. The van der Waals surface area contributed by atoms with E-state index in [1.807, 2.05) is 26.0 Å². The van der Waals surface area contributed by atoms with Crippen molar-refractivity contribution >= 4 is 10.0 Å². The predicted octanol–water partition coefficient (Wildman–Crippen LogP) is 1.53. The van der Waals surface area contributed by atoms with Crippen LogP contribution < -0.4 is 4.72 Å². The lowest BCUT2D eigenvalue weighted by Gasteiger charge is -2.13. The molecule has 4 nitrogen and oxygen atoms in total. The average molecular weight is 282 g/mol. The Kier molecular flexibility index (Phi) is 4.28. The summed E-state index contributed by atoms with van der Waals surface area (Å²) in [5.41, 5.74) is 1.76. The minimum absolute atomic E-state index is 0.402. The molecule has 1 aromatic carbocycles. The highest BCUT2D eigenvalue weighted by atomic mass is 32.2. The molecule has 5 heteroatoms. The molecule has 1 aliphatic rings. The summed E-state index contributed by atoms with van der Waals surface area (Å²) in [6.07, 6.45) is 1.06. The Balaban J connectivity index is 2.08. The lowest BCUT2D eigenvalue weighted by atomic mass is 10.1. The Morgan fingerprint density at radius 2 is 2.11 bits per heavy atom. The second-order valence-electron chi connectivity index (χ2n) is 5.54. The largest absolute Gasteiger partial charge is 0.306 e. The zero-order valence-corrected chi connectivity index (χ0v) is 12.6. The minimum atomic E-state index is -3.39. The van der Waals surface area contributed by atoms with E-state index in [0.717, 1.165) is 30.6 Å². The first-order chi connectivity index (χ1) is 8.88. The first kappa shape index (κ1) is 14.5. The molecule has 1 atom stereocenters. The highest BCUT2D eigenvalue weighted by Crippen LogP contribution is 2.18. The van der Waals surface area contributed by atoms with Crippen LogP contribution in [-0.2, 0) is 10.0 Å². The third-order valence-electron chi connectivity index (χ3n) is 3.68. The van der Waals surface area contributed by atoms with Crippen molar-refractivity contribution < 1.29 is 8.42 Å². The SMILES string of the molecule is Cc1ccc(C)c(S(=O)(=O)NCC2CCN(C)C2)c1. The lowest BCUT2D eigenvalue weighted by molar-refractivity contribution is 0.394. The summed E-state index contributed by atoms with van der Waals surface area (Å²) >= 11 is 0. The maximum atomic E-state index is 12.3. The molecule has 0 amide bonds. The van der Waals surface area contributed by atoms with Gasteiger partial charge in [0.2, 0.25) is 10.0 Å². The summed E-state index contributed by atoms with van der Waals surface area (Å²) in [4.78, 5) is 2.63. The number of sulfonamides is 1. The van der Waals surface area contributed by atoms with E-state index in [2.05, 4.69) is 16.7 Å². The van der Waals surface area contributed by atoms with Crippen molar-refractivity contribution in [3.05, 3.63) is 29.3 Å². The van der Waals surface area contributed by atoms with Crippen molar-refractivity contribution in [3.8, 4) is 0 Å². The lowest BCUT2D eigenvalue weighted by Crippen LogP contribution is -2.31. The van der Waals surface area contributed by atoms with Gasteiger partial charge in [-0.15, -0.1) is 0 Å². The van der Waals surface area contributed by atoms with Gasteiger partial charge in [0.25, 0.3) is 0 Å². The van der Waals surface area contributed by atoms with Crippen LogP contribution in [0.4, 0.5) is 0 Å². The summed E-state index contributed by atoms with van der Waals surface area (Å²) in [5.74, 6) is 0.421. The number of rotatable bonds is 4. The van der Waals surface area contributed by atoms with Gasteiger partial charge >= 0.3 is 0 Å². The fourth-order valence-corrected chi connectivity index (χ4v) is 3.94. The van der Waals surface area contributed by atoms with E-state index in [1.165, 1.54) is 0 Å². The molecule has 0 radical (unpaired) electrons. The quantitative estimate of drug-likeness (QED) is 0.911. The number of benzene rings is 1. The molecule has 1 unspecified atom stereocenters. The molecule has 0 aromatic heterocycles. The summed E-state index contributed by atoms with van der Waals surface area (Å²) in [5, 5.41) is 0. The average Bonchev–Trinajstić information content (AvgIpc) is 2.76. The molecule has 0 aliphatic carbocycles. The Hall–Kier alpha value is -0.910. The van der Waals surface area contributed by atoms with Crippen LogP contribution in [-0.4, -0.2) is 40.0 Å². The van der Waals surface area contributed by atoms with Crippen LogP contribution in [0.15, 0.2) is 23.1 Å². The van der Waals surface area contributed by atoms with Crippen LogP contribution in [0.2, 0.25) is 0 Å². The highest BCUT2D eigenvalue weighted by Gasteiger charge is 2.23. The van der Waals surface area contributed by atoms with Gasteiger partial charge in [0, 0.05) is 13.1 Å². The van der Waals surface area contributed by atoms with Gasteiger partial charge < -0.3 is 4.90 Å². The molecule has 1 fully saturated rings. The molecule has 2 rings (SSSR count). The van der Waals surface area contributed by atoms with Crippen molar-refractivity contribution in [2.45, 2.75) is 25.2 Å². The Morgan fingerprint density at radius 3 is 2.74 bits per heavy atom. The normalized spacial score (nSPS) is 20.9. The molecular formula is C14H22N2O2S. The zero-order chi connectivity index (χ0) is 14.0. The van der Waals surface area contributed by atoms with Gasteiger partial charge in [-0.2, -0.15) is 0 Å². The molecule has 1 heterocycles. The van der Waals surface area contributed by atoms with Crippen LogP contribution in [0.5, 0.6) is 0 Å². The van der Waals surface area contributed by atoms with Crippen LogP contribution >= 0.6 is 0 Å². The smallest absolute Gasteiger partial charge is 0.240 e. The van der Waals surface area contributed by atoms with Crippen molar-refractivity contribution in [1.82, 2.24) is 9.62 Å². The predicted molar refractivity (Wildman–Crippen MR) is 76.7 cm³/mol. The summed E-state index contributed by atoms with van der Waals surface area (Å²) in [6, 6.07) is 5.52. The number of likely N-dealkylation sites (tertiary alicyclic amines) is 1. The number of nitrogens with zero attached hydrogens (tertiary/aromatic N) is 1. The fraction of sp³-hybridized carbons (Fsp3) is 0.571. The standard InChI is InChI=1S/C14H22N2O2S/c1-11-4-5-12(2)14(8-11)19(17,18)15-9-13-6-7-16(3)10-13/h4-5,8,13,15H,6-7,9-10H2,1-3H3. The van der Waals surface area contributed by atoms with Crippen LogP contribution in [0.25, 0.3) is 0 Å². The molecule has 1 N–H and O–H groups in total. The monoisotopic (exact) mass is 282 g/mol. The van der Waals surface area contributed by atoms with Gasteiger partial charge in [-0.05, 0) is 57.0 Å². The summed E-state index contributed by atoms with van der Waals surface area (Å²) in [7, 11) is -1.32. The van der Waals surface area contributed by atoms with E-state index >= 15 is 0 Å². The molecular weight excluding hydrogens is 260 g/mol. The van der Waals surface area contributed by atoms with Crippen molar-refractivity contribution in [1.29, 1.82) is 0 Å². The topological polar surface area (TPSA) is 49.4 Å². The van der Waals surface area contributed by atoms with Crippen molar-refractivity contribution in [3.63, 3.8) is 0 Å². The number of aryl methyl sites for hydroxylation is 2. The van der Waals surface area contributed by atoms with Crippen LogP contribution in [0.3, 0.4) is 0 Å². The second kappa shape index (κ2) is 5.61. The van der Waals surface area contributed by atoms with E-state index in [0.29, 0.717) is 17.4 Å². The number of hydrogen-bond acceptors (Lipinski definition) is 3. The van der Waals surface area contributed by atoms with Crippen molar-refractivity contribution in [2.75, 3.05) is 26.7 Å². The maximum absolute atomic E-state index is 12.3. The molecule has 0 saturated carbocycles. The molecule has 1 saturated heterocycles. The second-order valence-corrected chi connectivity index (χ2v) is 7.27. The van der Waals surface area contributed by atoms with Gasteiger partial charge in [-0.3, -0.25) is 0 Å². The van der Waals surface area contributed by atoms with E-state index in [1.54, 1.807) is 6.07 Å². The Bertz CT molecular complexity index is 555. The first-order valence-corrected chi connectivity index (χ1v) is 8.12. The summed E-state index contributed by atoms with van der Waals surface area (Å²) < 4.78 is 27.4. The molecule has 0 bridgehead atoms. The van der Waals surface area contributed by atoms with E-state index in [9.17, 15) is 8.42 Å². The van der Waals surface area contributed by atoms with E-state index < -0.39 is 10.0 Å². The molecule has 19 heavy (non-hydrogen) atoms. The minimum Gasteiger partial charge on any atom is -0.306 e. The maximum Gasteiger partial charge on any atom is 0.240 e. The fourth-order valence-electron chi connectivity index (χ4n) is 2.50. The number of hydrogen-bond donors (Lipinski definition) is 1. The Labute approximate surface area is 115 Å². The third kappa shape index (κ3) is 3.55.